The van der Waals surface area contributed by atoms with E-state index >= 15 is 0 Å². The number of halogens is 1. The van der Waals surface area contributed by atoms with Crippen molar-refractivity contribution in [1.29, 1.82) is 0 Å². The van der Waals surface area contributed by atoms with Crippen LogP contribution in [0.2, 0.25) is 5.02 Å². The van der Waals surface area contributed by atoms with Gasteiger partial charge in [-0.25, -0.2) is 0 Å². The molecular weight excluding hydrogens is 174 g/mol. The van der Waals surface area contributed by atoms with Gasteiger partial charge in [-0.2, -0.15) is 0 Å². The number of hydrogen-bond acceptors (Lipinski definition) is 2. The Morgan fingerprint density at radius 1 is 1.42 bits per heavy atom. The highest BCUT2D eigenvalue weighted by molar-refractivity contribution is 6.31. The Bertz CT molecular complexity index is 284. The quantitative estimate of drug-likeness (QED) is 0.660. The van der Waals surface area contributed by atoms with E-state index in [4.69, 9.17) is 11.6 Å². The molecule has 66 valence electrons. The van der Waals surface area contributed by atoms with Gasteiger partial charge in [-0.05, 0) is 31.0 Å². The number of benzene rings is 1. The average Bonchev–Trinajstić information content (AvgIpc) is 2.02. The molecule has 3 heteroatoms. The van der Waals surface area contributed by atoms with Crippen LogP contribution in [0.3, 0.4) is 0 Å². The number of aromatic hydroxyl groups is 1. The second kappa shape index (κ2) is 3.23. The summed E-state index contributed by atoms with van der Waals surface area (Å²) in [4.78, 5) is 0. The van der Waals surface area contributed by atoms with E-state index in [0.29, 0.717) is 10.7 Å². The number of phenolic OH excluding ortho intramolecular Hbond substituents is 1. The van der Waals surface area contributed by atoms with Crippen LogP contribution in [0.25, 0.3) is 0 Å². The molecule has 0 saturated carbocycles. The van der Waals surface area contributed by atoms with Crippen molar-refractivity contribution < 1.29 is 5.11 Å². The van der Waals surface area contributed by atoms with E-state index in [-0.39, 0.29) is 5.75 Å². The molecule has 0 radical (unpaired) electrons. The second-order valence-electron chi connectivity index (χ2n) is 2.77. The lowest BCUT2D eigenvalue weighted by Gasteiger charge is -2.11. The van der Waals surface area contributed by atoms with Crippen LogP contribution in [0.4, 0.5) is 5.69 Å². The van der Waals surface area contributed by atoms with Crippen LogP contribution in [0.1, 0.15) is 11.1 Å². The van der Waals surface area contributed by atoms with E-state index in [1.807, 2.05) is 13.8 Å². The minimum atomic E-state index is 0.277. The fraction of sp³-hybridized carbons (Fsp3) is 0.333. The van der Waals surface area contributed by atoms with Crippen molar-refractivity contribution in [1.82, 2.24) is 0 Å². The third kappa shape index (κ3) is 1.34. The van der Waals surface area contributed by atoms with E-state index in [1.165, 1.54) is 0 Å². The SMILES string of the molecule is CNc1c(C)c(Cl)cc(C)c1O. The minimum Gasteiger partial charge on any atom is -0.505 e. The van der Waals surface area contributed by atoms with Gasteiger partial charge in [0.05, 0.1) is 5.69 Å². The molecule has 0 heterocycles. The predicted octanol–water partition coefficient (Wildman–Crippen LogP) is 2.70. The van der Waals surface area contributed by atoms with E-state index in [1.54, 1.807) is 13.1 Å². The molecule has 0 aromatic heterocycles. The minimum absolute atomic E-state index is 0.277. The Morgan fingerprint density at radius 3 is 2.50 bits per heavy atom. The fourth-order valence-electron chi connectivity index (χ4n) is 1.17. The first-order chi connectivity index (χ1) is 5.57. The average molecular weight is 186 g/mol. The van der Waals surface area contributed by atoms with Crippen LogP contribution in [-0.4, -0.2) is 12.2 Å². The van der Waals surface area contributed by atoms with Crippen LogP contribution >= 0.6 is 11.6 Å². The molecule has 2 N–H and O–H groups in total. The highest BCUT2D eigenvalue weighted by Gasteiger charge is 2.09. The molecule has 0 saturated heterocycles. The maximum absolute atomic E-state index is 9.58. The normalized spacial score (nSPS) is 10.0. The van der Waals surface area contributed by atoms with Crippen molar-refractivity contribution in [3.8, 4) is 5.75 Å². The van der Waals surface area contributed by atoms with Crippen LogP contribution in [0.5, 0.6) is 5.75 Å². The lowest BCUT2D eigenvalue weighted by atomic mass is 10.1. The Labute approximate surface area is 77.2 Å². The first-order valence-corrected chi connectivity index (χ1v) is 4.12. The number of anilines is 1. The molecule has 1 aromatic carbocycles. The van der Waals surface area contributed by atoms with Gasteiger partial charge in [0, 0.05) is 12.1 Å². The van der Waals surface area contributed by atoms with Gasteiger partial charge in [0.2, 0.25) is 0 Å². The Kier molecular flexibility index (Phi) is 2.48. The third-order valence-corrected chi connectivity index (χ3v) is 2.33. The van der Waals surface area contributed by atoms with Crippen LogP contribution in [0, 0.1) is 13.8 Å². The van der Waals surface area contributed by atoms with Gasteiger partial charge in [-0.3, -0.25) is 0 Å². The topological polar surface area (TPSA) is 32.3 Å². The highest BCUT2D eigenvalue weighted by atomic mass is 35.5. The molecule has 0 aliphatic heterocycles. The molecule has 0 fully saturated rings. The van der Waals surface area contributed by atoms with Gasteiger partial charge in [0.15, 0.2) is 0 Å². The standard InChI is InChI=1S/C9H12ClNO/c1-5-4-7(10)6(2)8(11-3)9(5)12/h4,11-12H,1-3H3. The van der Waals surface area contributed by atoms with E-state index < -0.39 is 0 Å². The van der Waals surface area contributed by atoms with Gasteiger partial charge in [-0.15, -0.1) is 0 Å². The fourth-order valence-corrected chi connectivity index (χ4v) is 1.42. The van der Waals surface area contributed by atoms with Crippen molar-refractivity contribution in [3.63, 3.8) is 0 Å². The maximum atomic E-state index is 9.58. The zero-order valence-corrected chi connectivity index (χ0v) is 8.16. The summed E-state index contributed by atoms with van der Waals surface area (Å²) in [5, 5.41) is 13.2. The smallest absolute Gasteiger partial charge is 0.141 e. The van der Waals surface area contributed by atoms with Crippen molar-refractivity contribution in [2.75, 3.05) is 12.4 Å². The molecule has 0 spiro atoms. The summed E-state index contributed by atoms with van der Waals surface area (Å²) in [5.41, 5.74) is 2.37. The Morgan fingerprint density at radius 2 is 2.00 bits per heavy atom. The molecule has 1 aromatic rings. The summed E-state index contributed by atoms with van der Waals surface area (Å²) in [6, 6.07) is 1.76. The lowest BCUT2D eigenvalue weighted by Crippen LogP contribution is -1.94. The Balaban J connectivity index is 3.42. The third-order valence-electron chi connectivity index (χ3n) is 1.94. The summed E-state index contributed by atoms with van der Waals surface area (Å²) < 4.78 is 0. The van der Waals surface area contributed by atoms with E-state index in [0.717, 1.165) is 11.1 Å². The van der Waals surface area contributed by atoms with Crippen molar-refractivity contribution in [3.05, 3.63) is 22.2 Å². The molecule has 0 atom stereocenters. The van der Waals surface area contributed by atoms with Crippen molar-refractivity contribution in [2.45, 2.75) is 13.8 Å². The number of aryl methyl sites for hydroxylation is 1. The summed E-state index contributed by atoms with van der Waals surface area (Å²) in [6.45, 7) is 3.69. The maximum Gasteiger partial charge on any atom is 0.141 e. The van der Waals surface area contributed by atoms with Crippen LogP contribution in [0.15, 0.2) is 6.07 Å². The largest absolute Gasteiger partial charge is 0.505 e. The second-order valence-corrected chi connectivity index (χ2v) is 3.18. The molecular formula is C9H12ClNO. The molecule has 0 aliphatic carbocycles. The van der Waals surface area contributed by atoms with E-state index in [2.05, 4.69) is 5.32 Å². The summed E-state index contributed by atoms with van der Waals surface area (Å²) in [7, 11) is 1.76. The molecule has 0 bridgehead atoms. The molecule has 0 aliphatic rings. The zero-order chi connectivity index (χ0) is 9.30. The van der Waals surface area contributed by atoms with Gasteiger partial charge in [0.1, 0.15) is 5.75 Å². The number of hydrogen-bond donors (Lipinski definition) is 2. The first kappa shape index (κ1) is 9.20. The molecule has 0 amide bonds. The molecule has 1 rings (SSSR count). The van der Waals surface area contributed by atoms with Gasteiger partial charge >= 0.3 is 0 Å². The van der Waals surface area contributed by atoms with E-state index in [9.17, 15) is 5.11 Å². The van der Waals surface area contributed by atoms with Crippen LogP contribution in [-0.2, 0) is 0 Å². The monoisotopic (exact) mass is 185 g/mol. The summed E-state index contributed by atoms with van der Waals surface area (Å²) in [6.07, 6.45) is 0. The summed E-state index contributed by atoms with van der Waals surface area (Å²) in [5.74, 6) is 0.277. The van der Waals surface area contributed by atoms with Gasteiger partial charge in [-0.1, -0.05) is 11.6 Å². The zero-order valence-electron chi connectivity index (χ0n) is 7.40. The van der Waals surface area contributed by atoms with Gasteiger partial charge < -0.3 is 10.4 Å². The first-order valence-electron chi connectivity index (χ1n) is 3.74. The van der Waals surface area contributed by atoms with Crippen molar-refractivity contribution >= 4 is 17.3 Å². The summed E-state index contributed by atoms with van der Waals surface area (Å²) >= 11 is 5.92. The van der Waals surface area contributed by atoms with Crippen LogP contribution < -0.4 is 5.32 Å². The predicted molar refractivity (Wildman–Crippen MR) is 52.1 cm³/mol. The molecule has 2 nitrogen and oxygen atoms in total. The Hall–Kier alpha value is -0.890. The van der Waals surface area contributed by atoms with Gasteiger partial charge in [0.25, 0.3) is 0 Å². The van der Waals surface area contributed by atoms with Crippen molar-refractivity contribution in [2.24, 2.45) is 0 Å². The molecule has 0 unspecified atom stereocenters. The molecule has 12 heavy (non-hydrogen) atoms. The number of nitrogens with one attached hydrogen (secondary N) is 1. The number of phenols is 1. The number of rotatable bonds is 1. The highest BCUT2D eigenvalue weighted by Crippen LogP contribution is 2.34. The lowest BCUT2D eigenvalue weighted by molar-refractivity contribution is 0.473.